The van der Waals surface area contributed by atoms with Gasteiger partial charge in [0.2, 0.25) is 23.6 Å². The van der Waals surface area contributed by atoms with Gasteiger partial charge in [0, 0.05) is 43.0 Å². The van der Waals surface area contributed by atoms with Gasteiger partial charge in [-0.05, 0) is 32.2 Å². The van der Waals surface area contributed by atoms with Gasteiger partial charge in [0.15, 0.2) is 0 Å². The van der Waals surface area contributed by atoms with Gasteiger partial charge < -0.3 is 48.2 Å². The Bertz CT molecular complexity index is 1080. The van der Waals surface area contributed by atoms with E-state index in [-0.39, 0.29) is 32.1 Å². The zero-order valence-electron chi connectivity index (χ0n) is 21.4. The van der Waals surface area contributed by atoms with Crippen LogP contribution in [0.3, 0.4) is 0 Å². The molecule has 0 saturated heterocycles. The first-order valence-corrected chi connectivity index (χ1v) is 12.4. The van der Waals surface area contributed by atoms with Gasteiger partial charge in [-0.15, -0.1) is 0 Å². The van der Waals surface area contributed by atoms with Crippen LogP contribution in [0.4, 0.5) is 0 Å². The average Bonchev–Trinajstić information content (AvgIpc) is 3.60. The van der Waals surface area contributed by atoms with Crippen LogP contribution in [-0.4, -0.2) is 85.4 Å². The number of imidazole rings is 2. The summed E-state index contributed by atoms with van der Waals surface area (Å²) in [6.07, 6.45) is 6.74. The topological polar surface area (TPSA) is 277 Å². The fourth-order valence-corrected chi connectivity index (χ4v) is 3.66. The summed E-state index contributed by atoms with van der Waals surface area (Å²) in [6, 6.07) is -4.66. The van der Waals surface area contributed by atoms with E-state index in [1.807, 2.05) is 0 Å². The van der Waals surface area contributed by atoms with E-state index in [4.69, 9.17) is 17.2 Å². The molecule has 16 nitrogen and oxygen atoms in total. The number of nitrogens with zero attached hydrogens (tertiary/aromatic N) is 2. The Kier molecular flexibility index (Phi) is 12.5. The smallest absolute Gasteiger partial charge is 0.326 e. The second-order valence-electron chi connectivity index (χ2n) is 8.98. The standard InChI is InChI=1S/C23H36N10O6/c24-6-2-1-3-16(21(36)33-18(23(38)39)8-14-10-28-12-30-14)31-22(37)17(7-13-9-27-11-29-13)32-20(35)15(25)4-5-19(26)34/h9-12,15-18H,1-8,24-25H2,(H2,26,34)(H,27,29)(H,28,30)(H,31,37)(H,32,35)(H,33,36)(H,38,39). The van der Waals surface area contributed by atoms with Crippen molar-refractivity contribution in [2.24, 2.45) is 17.2 Å². The van der Waals surface area contributed by atoms with E-state index in [1.165, 1.54) is 25.0 Å². The van der Waals surface area contributed by atoms with Crippen LogP contribution in [0.2, 0.25) is 0 Å². The van der Waals surface area contributed by atoms with Crippen molar-refractivity contribution < 1.29 is 29.1 Å². The molecule has 4 atom stereocenters. The van der Waals surface area contributed by atoms with Gasteiger partial charge in [0.25, 0.3) is 0 Å². The highest BCUT2D eigenvalue weighted by Gasteiger charge is 2.31. The number of primary amides is 1. The molecule has 2 aromatic heterocycles. The van der Waals surface area contributed by atoms with Gasteiger partial charge in [-0.3, -0.25) is 19.2 Å². The summed E-state index contributed by atoms with van der Waals surface area (Å²) in [4.78, 5) is 75.3. The highest BCUT2D eigenvalue weighted by molar-refractivity contribution is 5.94. The lowest BCUT2D eigenvalue weighted by Gasteiger charge is -2.25. The van der Waals surface area contributed by atoms with E-state index >= 15 is 0 Å². The quantitative estimate of drug-likeness (QED) is 0.0861. The summed E-state index contributed by atoms with van der Waals surface area (Å²) in [6.45, 7) is 0.363. The largest absolute Gasteiger partial charge is 0.480 e. The number of carboxylic acids is 1. The fraction of sp³-hybridized carbons (Fsp3) is 0.522. The number of aromatic amines is 2. The molecule has 0 aromatic carbocycles. The molecule has 2 aromatic rings. The molecule has 0 spiro atoms. The Labute approximate surface area is 224 Å². The second-order valence-corrected chi connectivity index (χ2v) is 8.98. The number of nitrogens with two attached hydrogens (primary N) is 3. The highest BCUT2D eigenvalue weighted by atomic mass is 16.4. The third kappa shape index (κ3) is 10.9. The second kappa shape index (κ2) is 15.8. The van der Waals surface area contributed by atoms with Crippen LogP contribution in [0.25, 0.3) is 0 Å². The molecule has 0 radical (unpaired) electrons. The molecule has 4 unspecified atom stereocenters. The molecule has 0 bridgehead atoms. The molecule has 0 fully saturated rings. The van der Waals surface area contributed by atoms with Gasteiger partial charge in [0.05, 0.1) is 18.7 Å². The number of carboxylic acid groups (broad SMARTS) is 1. The first-order valence-electron chi connectivity index (χ1n) is 12.4. The molecular formula is C23H36N10O6. The monoisotopic (exact) mass is 548 g/mol. The number of carbonyl (C=O) groups is 5. The molecule has 2 rings (SSSR count). The third-order valence-corrected chi connectivity index (χ3v) is 5.82. The predicted molar refractivity (Wildman–Crippen MR) is 137 cm³/mol. The zero-order valence-corrected chi connectivity index (χ0v) is 21.4. The molecule has 12 N–H and O–H groups in total. The number of rotatable bonds is 18. The van der Waals surface area contributed by atoms with Gasteiger partial charge in [0.1, 0.15) is 18.1 Å². The van der Waals surface area contributed by atoms with Crippen LogP contribution in [0, 0.1) is 0 Å². The molecule has 0 saturated carbocycles. The van der Waals surface area contributed by atoms with E-state index in [9.17, 15) is 29.1 Å². The lowest BCUT2D eigenvalue weighted by molar-refractivity contribution is -0.142. The molecule has 2 heterocycles. The van der Waals surface area contributed by atoms with E-state index in [0.717, 1.165) is 0 Å². The summed E-state index contributed by atoms with van der Waals surface area (Å²) >= 11 is 0. The highest BCUT2D eigenvalue weighted by Crippen LogP contribution is 2.07. The van der Waals surface area contributed by atoms with Crippen LogP contribution in [-0.2, 0) is 36.8 Å². The Balaban J connectivity index is 2.16. The molecule has 0 aliphatic rings. The van der Waals surface area contributed by atoms with E-state index in [1.54, 1.807) is 0 Å². The maximum atomic E-state index is 13.3. The van der Waals surface area contributed by atoms with E-state index < -0.39 is 53.8 Å². The summed E-state index contributed by atoms with van der Waals surface area (Å²) in [5, 5.41) is 17.2. The summed E-state index contributed by atoms with van der Waals surface area (Å²) < 4.78 is 0. The molecule has 39 heavy (non-hydrogen) atoms. The first kappa shape index (κ1) is 30.9. The molecule has 0 aliphatic heterocycles. The van der Waals surface area contributed by atoms with Crippen molar-refractivity contribution in [3.8, 4) is 0 Å². The molecule has 4 amide bonds. The normalized spacial score (nSPS) is 14.0. The van der Waals surface area contributed by atoms with Gasteiger partial charge >= 0.3 is 5.97 Å². The van der Waals surface area contributed by atoms with Crippen molar-refractivity contribution >= 4 is 29.6 Å². The lowest BCUT2D eigenvalue weighted by Crippen LogP contribution is -2.57. The van der Waals surface area contributed by atoms with Gasteiger partial charge in [-0.25, -0.2) is 14.8 Å². The van der Waals surface area contributed by atoms with Gasteiger partial charge in [-0.1, -0.05) is 0 Å². The van der Waals surface area contributed by atoms with Crippen molar-refractivity contribution in [2.45, 2.75) is 69.1 Å². The van der Waals surface area contributed by atoms with Crippen LogP contribution < -0.4 is 33.2 Å². The maximum Gasteiger partial charge on any atom is 0.326 e. The number of amides is 4. The lowest BCUT2D eigenvalue weighted by atomic mass is 10.0. The van der Waals surface area contributed by atoms with Crippen molar-refractivity contribution in [3.05, 3.63) is 36.4 Å². The van der Waals surface area contributed by atoms with Gasteiger partial charge in [-0.2, -0.15) is 0 Å². The van der Waals surface area contributed by atoms with Crippen LogP contribution in [0.1, 0.15) is 43.5 Å². The van der Waals surface area contributed by atoms with E-state index in [2.05, 4.69) is 35.9 Å². The summed E-state index contributed by atoms with van der Waals surface area (Å²) in [5.41, 5.74) is 17.6. The minimum absolute atomic E-state index is 0.00513. The van der Waals surface area contributed by atoms with Crippen molar-refractivity contribution in [1.29, 1.82) is 0 Å². The minimum Gasteiger partial charge on any atom is -0.480 e. The number of nitrogens with one attached hydrogen (secondary N) is 5. The number of H-pyrrole nitrogens is 2. The predicted octanol–water partition coefficient (Wildman–Crippen LogP) is -2.82. The average molecular weight is 549 g/mol. The van der Waals surface area contributed by atoms with Crippen LogP contribution >= 0.6 is 0 Å². The van der Waals surface area contributed by atoms with Crippen LogP contribution in [0.15, 0.2) is 25.0 Å². The fourth-order valence-electron chi connectivity index (χ4n) is 3.66. The molecule has 0 aliphatic carbocycles. The number of hydrogen-bond acceptors (Lipinski definition) is 9. The Hall–Kier alpha value is -4.31. The Morgan fingerprint density at radius 2 is 1.36 bits per heavy atom. The van der Waals surface area contributed by atoms with E-state index in [0.29, 0.717) is 30.8 Å². The number of carbonyl (C=O) groups excluding carboxylic acids is 4. The first-order chi connectivity index (χ1) is 18.6. The Morgan fingerprint density at radius 3 is 1.87 bits per heavy atom. The van der Waals surface area contributed by atoms with Crippen LogP contribution in [0.5, 0.6) is 0 Å². The summed E-state index contributed by atoms with van der Waals surface area (Å²) in [5.74, 6) is -3.99. The third-order valence-electron chi connectivity index (χ3n) is 5.82. The van der Waals surface area contributed by atoms with Crippen molar-refractivity contribution in [1.82, 2.24) is 35.9 Å². The SMILES string of the molecule is NCCCCC(NC(=O)C(Cc1cnc[nH]1)NC(=O)C(N)CCC(N)=O)C(=O)NC(Cc1cnc[nH]1)C(=O)O. The van der Waals surface area contributed by atoms with Crippen molar-refractivity contribution in [2.75, 3.05) is 6.54 Å². The maximum absolute atomic E-state index is 13.3. The van der Waals surface area contributed by atoms with Crippen molar-refractivity contribution in [3.63, 3.8) is 0 Å². The molecular weight excluding hydrogens is 512 g/mol. The molecule has 16 heteroatoms. The Morgan fingerprint density at radius 1 is 0.821 bits per heavy atom. The zero-order chi connectivity index (χ0) is 28.8. The number of aromatic nitrogens is 4. The number of unbranched alkanes of at least 4 members (excludes halogenated alkanes) is 1. The minimum atomic E-state index is -1.28. The summed E-state index contributed by atoms with van der Waals surface area (Å²) in [7, 11) is 0. The number of hydrogen-bond donors (Lipinski definition) is 9. The number of aliphatic carboxylic acids is 1. The molecule has 214 valence electrons.